The Morgan fingerprint density at radius 2 is 2.04 bits per heavy atom. The smallest absolute Gasteiger partial charge is 0.150 e. The van der Waals surface area contributed by atoms with Crippen LogP contribution >= 0.6 is 11.3 Å². The Balaban J connectivity index is 1.72. The lowest BCUT2D eigenvalue weighted by atomic mass is 10.0. The number of aromatic nitrogens is 3. The minimum atomic E-state index is 0.556. The number of piperidine rings is 1. The molecular formula is C22H28N4S. The molecule has 0 radical (unpaired) electrons. The van der Waals surface area contributed by atoms with E-state index in [4.69, 9.17) is 15.0 Å². The van der Waals surface area contributed by atoms with Crippen molar-refractivity contribution in [3.63, 3.8) is 0 Å². The molecular weight excluding hydrogens is 352 g/mol. The number of rotatable bonds is 4. The molecule has 4 heterocycles. The van der Waals surface area contributed by atoms with Crippen LogP contribution in [0.4, 0.5) is 5.82 Å². The number of thiophene rings is 1. The van der Waals surface area contributed by atoms with E-state index in [1.54, 1.807) is 6.33 Å². The molecule has 0 unspecified atom stereocenters. The third-order valence-corrected chi connectivity index (χ3v) is 7.45. The van der Waals surface area contributed by atoms with Gasteiger partial charge in [-0.25, -0.2) is 15.0 Å². The van der Waals surface area contributed by atoms with E-state index < -0.39 is 0 Å². The fraction of sp³-hybridized carbons (Fsp3) is 0.591. The summed E-state index contributed by atoms with van der Waals surface area (Å²) < 4.78 is 1.25. The zero-order chi connectivity index (χ0) is 18.4. The topological polar surface area (TPSA) is 41.9 Å². The van der Waals surface area contributed by atoms with Crippen molar-refractivity contribution in [1.82, 2.24) is 15.0 Å². The lowest BCUT2D eigenvalue weighted by Gasteiger charge is -2.34. The third kappa shape index (κ3) is 2.82. The average molecular weight is 381 g/mol. The molecule has 0 N–H and O–H groups in total. The Morgan fingerprint density at radius 3 is 2.89 bits per heavy atom. The van der Waals surface area contributed by atoms with Crippen LogP contribution in [0.5, 0.6) is 0 Å². The number of fused-ring (bicyclic) bond motifs is 5. The normalized spacial score (nSPS) is 19.9. The van der Waals surface area contributed by atoms with Gasteiger partial charge in [-0.3, -0.25) is 0 Å². The fourth-order valence-corrected chi connectivity index (χ4v) is 6.12. The summed E-state index contributed by atoms with van der Waals surface area (Å²) in [6, 6.07) is 0.556. The molecule has 2 aliphatic rings. The molecule has 0 spiro atoms. The van der Waals surface area contributed by atoms with Gasteiger partial charge in [0.05, 0.1) is 10.2 Å². The van der Waals surface area contributed by atoms with E-state index in [0.29, 0.717) is 6.04 Å². The van der Waals surface area contributed by atoms with Crippen LogP contribution in [0.1, 0.15) is 69.2 Å². The molecule has 0 saturated carbocycles. The van der Waals surface area contributed by atoms with E-state index in [2.05, 4.69) is 18.7 Å². The number of pyridine rings is 1. The Labute approximate surface area is 165 Å². The van der Waals surface area contributed by atoms with Crippen LogP contribution in [-0.2, 0) is 19.3 Å². The van der Waals surface area contributed by atoms with Crippen LogP contribution in [0.25, 0.3) is 20.4 Å². The zero-order valence-electron chi connectivity index (χ0n) is 16.4. The summed E-state index contributed by atoms with van der Waals surface area (Å²) in [7, 11) is 0. The maximum atomic E-state index is 5.16. The van der Waals surface area contributed by atoms with Gasteiger partial charge in [0, 0.05) is 23.7 Å². The average Bonchev–Trinajstić information content (AvgIpc) is 3.30. The van der Waals surface area contributed by atoms with E-state index in [1.165, 1.54) is 83.1 Å². The van der Waals surface area contributed by atoms with Gasteiger partial charge in [-0.15, -0.1) is 11.3 Å². The van der Waals surface area contributed by atoms with Crippen molar-refractivity contribution in [1.29, 1.82) is 0 Å². The van der Waals surface area contributed by atoms with E-state index in [0.717, 1.165) is 24.3 Å². The summed E-state index contributed by atoms with van der Waals surface area (Å²) in [6.07, 6.45) is 12.8. The molecule has 27 heavy (non-hydrogen) atoms. The monoisotopic (exact) mass is 380 g/mol. The Bertz CT molecular complexity index is 993. The molecule has 142 valence electrons. The summed E-state index contributed by atoms with van der Waals surface area (Å²) in [4.78, 5) is 18.3. The van der Waals surface area contributed by atoms with Gasteiger partial charge >= 0.3 is 0 Å². The predicted octanol–water partition coefficient (Wildman–Crippen LogP) is 5.45. The minimum Gasteiger partial charge on any atom is -0.353 e. The maximum Gasteiger partial charge on any atom is 0.150 e. The highest BCUT2D eigenvalue weighted by Gasteiger charge is 2.27. The molecule has 1 aliphatic carbocycles. The number of nitrogens with zero attached hydrogens (tertiary/aromatic N) is 4. The standard InChI is InChI=1S/C22H28N4S/c1-3-4-11-17-15-9-7-10-16(15)18-19-20(27-22(18)25-17)21(24-13-23-19)26-12-6-5-8-14(26)2/h13-14H,3-12H2,1-2H3/t14-/m0/s1. The molecule has 3 aromatic rings. The second-order valence-electron chi connectivity index (χ2n) is 8.17. The largest absolute Gasteiger partial charge is 0.353 e. The SMILES string of the molecule is CCCCc1nc2sc3c(N4CCCC[C@@H]4C)ncnc3c2c2c1CCC2. The lowest BCUT2D eigenvalue weighted by molar-refractivity contribution is 0.482. The number of aryl methyl sites for hydroxylation is 2. The van der Waals surface area contributed by atoms with Gasteiger partial charge in [0.15, 0.2) is 0 Å². The van der Waals surface area contributed by atoms with Crippen molar-refractivity contribution in [3.05, 3.63) is 23.1 Å². The van der Waals surface area contributed by atoms with E-state index in [-0.39, 0.29) is 0 Å². The lowest BCUT2D eigenvalue weighted by Crippen LogP contribution is -2.38. The summed E-state index contributed by atoms with van der Waals surface area (Å²) in [5.41, 5.74) is 5.56. The van der Waals surface area contributed by atoms with Gasteiger partial charge in [0.2, 0.25) is 0 Å². The van der Waals surface area contributed by atoms with Crippen molar-refractivity contribution in [3.8, 4) is 0 Å². The molecule has 1 atom stereocenters. The van der Waals surface area contributed by atoms with Gasteiger partial charge < -0.3 is 4.90 Å². The number of unbranched alkanes of at least 4 members (excludes halogenated alkanes) is 1. The van der Waals surface area contributed by atoms with Crippen molar-refractivity contribution >= 4 is 37.6 Å². The van der Waals surface area contributed by atoms with Crippen molar-refractivity contribution in [2.45, 2.75) is 77.7 Å². The summed E-state index contributed by atoms with van der Waals surface area (Å²) >= 11 is 1.82. The van der Waals surface area contributed by atoms with Crippen molar-refractivity contribution in [2.75, 3.05) is 11.4 Å². The van der Waals surface area contributed by atoms with Crippen LogP contribution in [-0.4, -0.2) is 27.5 Å². The summed E-state index contributed by atoms with van der Waals surface area (Å²) in [5, 5.41) is 1.33. The maximum absolute atomic E-state index is 5.16. The van der Waals surface area contributed by atoms with Crippen LogP contribution in [0.15, 0.2) is 6.33 Å². The van der Waals surface area contributed by atoms with Gasteiger partial charge in [-0.1, -0.05) is 13.3 Å². The van der Waals surface area contributed by atoms with E-state index in [1.807, 2.05) is 11.3 Å². The minimum absolute atomic E-state index is 0.556. The Morgan fingerprint density at radius 1 is 1.15 bits per heavy atom. The molecule has 1 aliphatic heterocycles. The highest BCUT2D eigenvalue weighted by molar-refractivity contribution is 7.26. The second kappa shape index (κ2) is 7.01. The van der Waals surface area contributed by atoms with Gasteiger partial charge in [0.25, 0.3) is 0 Å². The quantitative estimate of drug-likeness (QED) is 0.603. The van der Waals surface area contributed by atoms with Gasteiger partial charge in [0.1, 0.15) is 17.0 Å². The molecule has 5 heteroatoms. The molecule has 1 saturated heterocycles. The fourth-order valence-electron chi connectivity index (χ4n) is 4.93. The molecule has 5 rings (SSSR count). The van der Waals surface area contributed by atoms with Crippen LogP contribution in [0, 0.1) is 0 Å². The van der Waals surface area contributed by atoms with Crippen molar-refractivity contribution in [2.24, 2.45) is 0 Å². The number of anilines is 1. The number of hydrogen-bond donors (Lipinski definition) is 0. The molecule has 4 nitrogen and oxygen atoms in total. The van der Waals surface area contributed by atoms with Crippen LogP contribution < -0.4 is 4.90 Å². The third-order valence-electron chi connectivity index (χ3n) is 6.38. The first-order valence-electron chi connectivity index (χ1n) is 10.6. The van der Waals surface area contributed by atoms with E-state index >= 15 is 0 Å². The predicted molar refractivity (Wildman–Crippen MR) is 114 cm³/mol. The highest BCUT2D eigenvalue weighted by atomic mass is 32.1. The summed E-state index contributed by atoms with van der Waals surface area (Å²) in [5.74, 6) is 1.14. The first-order chi connectivity index (χ1) is 13.3. The van der Waals surface area contributed by atoms with Gasteiger partial charge in [-0.05, 0) is 69.4 Å². The van der Waals surface area contributed by atoms with Crippen molar-refractivity contribution < 1.29 is 0 Å². The first-order valence-corrected chi connectivity index (χ1v) is 11.4. The number of hydrogen-bond acceptors (Lipinski definition) is 5. The molecule has 0 aromatic carbocycles. The van der Waals surface area contributed by atoms with Crippen LogP contribution in [0.2, 0.25) is 0 Å². The Kier molecular flexibility index (Phi) is 4.50. The van der Waals surface area contributed by atoms with Gasteiger partial charge in [-0.2, -0.15) is 0 Å². The highest BCUT2D eigenvalue weighted by Crippen LogP contribution is 2.42. The molecule has 0 amide bonds. The van der Waals surface area contributed by atoms with Crippen LogP contribution in [0.3, 0.4) is 0 Å². The summed E-state index contributed by atoms with van der Waals surface area (Å²) in [6.45, 7) is 5.70. The van der Waals surface area contributed by atoms with E-state index in [9.17, 15) is 0 Å². The first kappa shape index (κ1) is 17.4. The zero-order valence-corrected chi connectivity index (χ0v) is 17.2. The molecule has 0 bridgehead atoms. The molecule has 1 fully saturated rings. The Hall–Kier alpha value is -1.75. The second-order valence-corrected chi connectivity index (χ2v) is 9.17. The molecule has 3 aromatic heterocycles.